The maximum atomic E-state index is 12.8. The SMILES string of the molecule is CC(=O)NC(CC(=O)NC(c1ccccc1)c1nccn1C)c1cccs1. The largest absolute Gasteiger partial charge is 0.348 e. The molecule has 2 unspecified atom stereocenters. The van der Waals surface area contributed by atoms with Gasteiger partial charge < -0.3 is 15.2 Å². The van der Waals surface area contributed by atoms with E-state index in [-0.39, 0.29) is 30.3 Å². The predicted octanol–water partition coefficient (Wildman–Crippen LogP) is 2.95. The van der Waals surface area contributed by atoms with Crippen molar-refractivity contribution < 1.29 is 9.59 Å². The number of aromatic nitrogens is 2. The summed E-state index contributed by atoms with van der Waals surface area (Å²) in [5.41, 5.74) is 0.951. The van der Waals surface area contributed by atoms with E-state index in [2.05, 4.69) is 15.6 Å². The van der Waals surface area contributed by atoms with Crippen LogP contribution in [-0.4, -0.2) is 21.4 Å². The molecule has 140 valence electrons. The zero-order valence-electron chi connectivity index (χ0n) is 15.3. The summed E-state index contributed by atoms with van der Waals surface area (Å²) >= 11 is 1.52. The van der Waals surface area contributed by atoms with Gasteiger partial charge in [0, 0.05) is 31.2 Å². The highest BCUT2D eigenvalue weighted by atomic mass is 32.1. The highest BCUT2D eigenvalue weighted by Gasteiger charge is 2.24. The van der Waals surface area contributed by atoms with Crippen molar-refractivity contribution in [1.82, 2.24) is 20.2 Å². The third kappa shape index (κ3) is 4.83. The average molecular weight is 382 g/mol. The lowest BCUT2D eigenvalue weighted by Gasteiger charge is -2.21. The minimum Gasteiger partial charge on any atom is -0.348 e. The average Bonchev–Trinajstić information content (AvgIpc) is 3.31. The number of carbonyl (C=O) groups is 2. The van der Waals surface area contributed by atoms with Crippen LogP contribution in [0.2, 0.25) is 0 Å². The van der Waals surface area contributed by atoms with Crippen LogP contribution < -0.4 is 10.6 Å². The third-order valence-corrected chi connectivity index (χ3v) is 5.19. The molecule has 1 aromatic carbocycles. The summed E-state index contributed by atoms with van der Waals surface area (Å²) in [7, 11) is 1.90. The van der Waals surface area contributed by atoms with E-state index in [1.807, 2.05) is 65.7 Å². The number of hydrogen-bond acceptors (Lipinski definition) is 4. The lowest BCUT2D eigenvalue weighted by molar-refractivity contribution is -0.123. The Hall–Kier alpha value is -2.93. The van der Waals surface area contributed by atoms with E-state index in [9.17, 15) is 9.59 Å². The number of aryl methyl sites for hydroxylation is 1. The molecule has 2 atom stereocenters. The zero-order chi connectivity index (χ0) is 19.2. The van der Waals surface area contributed by atoms with Gasteiger partial charge in [-0.2, -0.15) is 0 Å². The van der Waals surface area contributed by atoms with Gasteiger partial charge >= 0.3 is 0 Å². The molecule has 2 N–H and O–H groups in total. The summed E-state index contributed by atoms with van der Waals surface area (Å²) in [4.78, 5) is 29.7. The number of amides is 2. The molecular formula is C20H22N4O2S. The first-order valence-electron chi connectivity index (χ1n) is 8.66. The molecule has 7 heteroatoms. The van der Waals surface area contributed by atoms with Crippen LogP contribution in [-0.2, 0) is 16.6 Å². The smallest absolute Gasteiger partial charge is 0.223 e. The number of carbonyl (C=O) groups excluding carboxylic acids is 2. The van der Waals surface area contributed by atoms with Crippen LogP contribution in [0.25, 0.3) is 0 Å². The summed E-state index contributed by atoms with van der Waals surface area (Å²) < 4.78 is 1.89. The van der Waals surface area contributed by atoms with E-state index in [0.29, 0.717) is 0 Å². The summed E-state index contributed by atoms with van der Waals surface area (Å²) in [5, 5.41) is 7.87. The standard InChI is InChI=1S/C20H22N4O2S/c1-14(25)22-16(17-9-6-12-27-17)13-18(26)23-19(15-7-4-3-5-8-15)20-21-10-11-24(20)2/h3-12,16,19H,13H2,1-2H3,(H,22,25)(H,23,26). The number of benzene rings is 1. The van der Waals surface area contributed by atoms with Crippen LogP contribution in [0.5, 0.6) is 0 Å². The lowest BCUT2D eigenvalue weighted by Crippen LogP contribution is -2.35. The Morgan fingerprint density at radius 2 is 1.93 bits per heavy atom. The van der Waals surface area contributed by atoms with Gasteiger partial charge in [0.05, 0.1) is 12.5 Å². The van der Waals surface area contributed by atoms with E-state index in [0.717, 1.165) is 16.3 Å². The normalized spacial score (nSPS) is 13.0. The number of nitrogens with zero attached hydrogens (tertiary/aromatic N) is 2. The van der Waals surface area contributed by atoms with Gasteiger partial charge in [-0.05, 0) is 17.0 Å². The summed E-state index contributed by atoms with van der Waals surface area (Å²) in [6.45, 7) is 1.46. The van der Waals surface area contributed by atoms with E-state index in [4.69, 9.17) is 0 Å². The van der Waals surface area contributed by atoms with Crippen molar-refractivity contribution in [2.45, 2.75) is 25.4 Å². The van der Waals surface area contributed by atoms with Gasteiger partial charge in [-0.15, -0.1) is 11.3 Å². The van der Waals surface area contributed by atoms with Gasteiger partial charge in [0.1, 0.15) is 11.9 Å². The van der Waals surface area contributed by atoms with Crippen molar-refractivity contribution in [3.63, 3.8) is 0 Å². The number of nitrogens with one attached hydrogen (secondary N) is 2. The highest BCUT2D eigenvalue weighted by Crippen LogP contribution is 2.24. The molecule has 0 saturated carbocycles. The van der Waals surface area contributed by atoms with E-state index in [1.54, 1.807) is 6.20 Å². The van der Waals surface area contributed by atoms with Crippen LogP contribution in [0.4, 0.5) is 0 Å². The summed E-state index contributed by atoms with van der Waals surface area (Å²) in [6, 6.07) is 12.9. The second-order valence-corrected chi connectivity index (χ2v) is 7.26. The molecule has 27 heavy (non-hydrogen) atoms. The quantitative estimate of drug-likeness (QED) is 0.660. The Balaban J connectivity index is 1.80. The Kier molecular flexibility index (Phi) is 6.03. The van der Waals surface area contributed by atoms with Crippen molar-refractivity contribution in [2.24, 2.45) is 7.05 Å². The van der Waals surface area contributed by atoms with Crippen molar-refractivity contribution in [1.29, 1.82) is 0 Å². The van der Waals surface area contributed by atoms with Crippen molar-refractivity contribution in [3.05, 3.63) is 76.5 Å². The van der Waals surface area contributed by atoms with Crippen LogP contribution in [0, 0.1) is 0 Å². The minimum absolute atomic E-state index is 0.154. The minimum atomic E-state index is -0.361. The van der Waals surface area contributed by atoms with E-state index in [1.165, 1.54) is 18.3 Å². The lowest BCUT2D eigenvalue weighted by atomic mass is 10.1. The van der Waals surface area contributed by atoms with Crippen LogP contribution in [0.15, 0.2) is 60.2 Å². The molecule has 6 nitrogen and oxygen atoms in total. The maximum Gasteiger partial charge on any atom is 0.223 e. The Morgan fingerprint density at radius 3 is 2.52 bits per heavy atom. The second-order valence-electron chi connectivity index (χ2n) is 6.28. The molecule has 0 radical (unpaired) electrons. The van der Waals surface area contributed by atoms with Gasteiger partial charge in [-0.25, -0.2) is 4.98 Å². The molecule has 3 aromatic rings. The van der Waals surface area contributed by atoms with Gasteiger partial charge in [-0.1, -0.05) is 36.4 Å². The third-order valence-electron chi connectivity index (χ3n) is 4.21. The topological polar surface area (TPSA) is 76.0 Å². The van der Waals surface area contributed by atoms with Gasteiger partial charge in [0.15, 0.2) is 0 Å². The highest BCUT2D eigenvalue weighted by molar-refractivity contribution is 7.10. The van der Waals surface area contributed by atoms with Crippen molar-refractivity contribution in [3.8, 4) is 0 Å². The van der Waals surface area contributed by atoms with Crippen molar-refractivity contribution >= 4 is 23.2 Å². The number of rotatable bonds is 7. The monoisotopic (exact) mass is 382 g/mol. The van der Waals surface area contributed by atoms with Crippen LogP contribution >= 0.6 is 11.3 Å². The first kappa shape index (κ1) is 18.8. The molecule has 0 aliphatic rings. The first-order chi connectivity index (χ1) is 13.0. The van der Waals surface area contributed by atoms with Crippen molar-refractivity contribution in [2.75, 3.05) is 0 Å². The molecule has 0 saturated heterocycles. The van der Waals surface area contributed by atoms with E-state index < -0.39 is 0 Å². The first-order valence-corrected chi connectivity index (χ1v) is 9.54. The molecule has 0 aliphatic heterocycles. The Morgan fingerprint density at radius 1 is 1.15 bits per heavy atom. The van der Waals surface area contributed by atoms with Gasteiger partial charge in [-0.3, -0.25) is 9.59 Å². The molecule has 2 amide bonds. The van der Waals surface area contributed by atoms with Crippen LogP contribution in [0.1, 0.15) is 41.7 Å². The van der Waals surface area contributed by atoms with Crippen LogP contribution in [0.3, 0.4) is 0 Å². The number of thiophene rings is 1. The Labute approximate surface area is 162 Å². The van der Waals surface area contributed by atoms with E-state index >= 15 is 0 Å². The molecule has 0 spiro atoms. The fourth-order valence-electron chi connectivity index (χ4n) is 2.96. The molecular weight excluding hydrogens is 360 g/mol. The fourth-order valence-corrected chi connectivity index (χ4v) is 3.74. The fraction of sp³-hybridized carbons (Fsp3) is 0.250. The summed E-state index contributed by atoms with van der Waals surface area (Å²) in [5.74, 6) is 0.436. The number of imidazole rings is 1. The molecule has 0 bridgehead atoms. The zero-order valence-corrected chi connectivity index (χ0v) is 16.1. The second kappa shape index (κ2) is 8.64. The summed E-state index contributed by atoms with van der Waals surface area (Å²) in [6.07, 6.45) is 3.72. The molecule has 3 rings (SSSR count). The molecule has 2 heterocycles. The molecule has 2 aromatic heterocycles. The number of hydrogen-bond donors (Lipinski definition) is 2. The molecule has 0 fully saturated rings. The Bertz CT molecular complexity index is 890. The molecule has 0 aliphatic carbocycles. The maximum absolute atomic E-state index is 12.8. The van der Waals surface area contributed by atoms with Gasteiger partial charge in [0.2, 0.25) is 11.8 Å². The van der Waals surface area contributed by atoms with Gasteiger partial charge in [0.25, 0.3) is 0 Å². The predicted molar refractivity (Wildman–Crippen MR) is 105 cm³/mol.